The number of para-hydroxylation sites is 1. The van der Waals surface area contributed by atoms with Crippen LogP contribution in [0.4, 0.5) is 4.39 Å². The van der Waals surface area contributed by atoms with Crippen molar-refractivity contribution in [2.75, 3.05) is 0 Å². The smallest absolute Gasteiger partial charge is 0.226 e. The molecule has 0 aliphatic rings. The van der Waals surface area contributed by atoms with Crippen LogP contribution in [0.2, 0.25) is 0 Å². The molecule has 2 heterocycles. The second-order valence-electron chi connectivity index (χ2n) is 5.76. The lowest BCUT2D eigenvalue weighted by Gasteiger charge is -1.98. The van der Waals surface area contributed by atoms with E-state index in [2.05, 4.69) is 9.97 Å². The standard InChI is InChI=1S/C18H13FN2O3S2/c19-13-7-5-12(6-8-13)18-20-14(9-24-18)10-26(22,23)11-17-21-15-3-1-2-4-16(15)25-17/h1-9H,10-11H2. The van der Waals surface area contributed by atoms with Crippen molar-refractivity contribution in [3.8, 4) is 11.5 Å². The lowest BCUT2D eigenvalue weighted by atomic mass is 10.2. The molecule has 0 unspecified atom stereocenters. The van der Waals surface area contributed by atoms with Gasteiger partial charge in [-0.25, -0.2) is 22.8 Å². The number of aromatic nitrogens is 2. The first kappa shape index (κ1) is 16.9. The zero-order valence-corrected chi connectivity index (χ0v) is 15.1. The van der Waals surface area contributed by atoms with E-state index < -0.39 is 9.84 Å². The Morgan fingerprint density at radius 1 is 1.00 bits per heavy atom. The van der Waals surface area contributed by atoms with Crippen molar-refractivity contribution in [2.45, 2.75) is 11.5 Å². The first-order valence-corrected chi connectivity index (χ1v) is 10.4. The average Bonchev–Trinajstić information content (AvgIpc) is 3.20. The second kappa shape index (κ2) is 6.62. The molecule has 0 spiro atoms. The minimum atomic E-state index is -3.45. The summed E-state index contributed by atoms with van der Waals surface area (Å²) in [6.07, 6.45) is 1.31. The van der Waals surface area contributed by atoms with E-state index in [-0.39, 0.29) is 23.2 Å². The summed E-state index contributed by atoms with van der Waals surface area (Å²) < 4.78 is 44.2. The van der Waals surface area contributed by atoms with Crippen LogP contribution >= 0.6 is 11.3 Å². The highest BCUT2D eigenvalue weighted by Gasteiger charge is 2.19. The van der Waals surface area contributed by atoms with E-state index >= 15 is 0 Å². The molecule has 4 rings (SSSR count). The minimum Gasteiger partial charge on any atom is -0.444 e. The minimum absolute atomic E-state index is 0.148. The van der Waals surface area contributed by atoms with Gasteiger partial charge in [0.05, 0.1) is 21.7 Å². The lowest BCUT2D eigenvalue weighted by Crippen LogP contribution is -2.07. The fourth-order valence-corrected chi connectivity index (χ4v) is 5.21. The van der Waals surface area contributed by atoms with E-state index in [9.17, 15) is 12.8 Å². The van der Waals surface area contributed by atoms with Crippen LogP contribution in [0.5, 0.6) is 0 Å². The largest absolute Gasteiger partial charge is 0.444 e. The molecule has 0 bridgehead atoms. The average molecular weight is 388 g/mol. The van der Waals surface area contributed by atoms with Crippen LogP contribution in [0.25, 0.3) is 21.7 Å². The number of rotatable bonds is 5. The zero-order chi connectivity index (χ0) is 18.1. The van der Waals surface area contributed by atoms with Crippen LogP contribution in [0.15, 0.2) is 59.2 Å². The van der Waals surface area contributed by atoms with Gasteiger partial charge in [0.2, 0.25) is 5.89 Å². The quantitative estimate of drug-likeness (QED) is 0.512. The summed E-state index contributed by atoms with van der Waals surface area (Å²) >= 11 is 1.37. The van der Waals surface area contributed by atoms with Crippen LogP contribution in [0, 0.1) is 5.82 Å². The molecule has 0 fully saturated rings. The van der Waals surface area contributed by atoms with Gasteiger partial charge in [-0.1, -0.05) is 12.1 Å². The van der Waals surface area contributed by atoms with Gasteiger partial charge in [-0.05, 0) is 36.4 Å². The van der Waals surface area contributed by atoms with Gasteiger partial charge in [0.15, 0.2) is 9.84 Å². The summed E-state index contributed by atoms with van der Waals surface area (Å²) in [5.74, 6) is -0.493. The molecular formula is C18H13FN2O3S2. The summed E-state index contributed by atoms with van der Waals surface area (Å²) in [6.45, 7) is 0. The molecule has 0 atom stereocenters. The number of benzene rings is 2. The van der Waals surface area contributed by atoms with Gasteiger partial charge in [-0.15, -0.1) is 11.3 Å². The van der Waals surface area contributed by atoms with Crippen LogP contribution in [0.1, 0.15) is 10.7 Å². The number of oxazole rings is 1. The molecule has 0 saturated carbocycles. The summed E-state index contributed by atoms with van der Waals surface area (Å²) in [6, 6.07) is 13.2. The summed E-state index contributed by atoms with van der Waals surface area (Å²) in [5.41, 5.74) is 1.69. The molecule has 2 aromatic carbocycles. The van der Waals surface area contributed by atoms with E-state index in [0.29, 0.717) is 16.3 Å². The van der Waals surface area contributed by atoms with Crippen LogP contribution < -0.4 is 0 Å². The van der Waals surface area contributed by atoms with E-state index in [0.717, 1.165) is 10.2 Å². The van der Waals surface area contributed by atoms with Crippen LogP contribution in [0.3, 0.4) is 0 Å². The number of hydrogen-bond donors (Lipinski definition) is 0. The molecule has 0 aliphatic carbocycles. The molecule has 26 heavy (non-hydrogen) atoms. The predicted octanol–water partition coefficient (Wildman–Crippen LogP) is 4.21. The number of hydrogen-bond acceptors (Lipinski definition) is 6. The van der Waals surface area contributed by atoms with E-state index in [1.807, 2.05) is 24.3 Å². The van der Waals surface area contributed by atoms with Crippen molar-refractivity contribution in [3.05, 3.63) is 71.3 Å². The van der Waals surface area contributed by atoms with Crippen molar-refractivity contribution in [1.82, 2.24) is 9.97 Å². The SMILES string of the molecule is O=S(=O)(Cc1coc(-c2ccc(F)cc2)n1)Cc1nc2ccccc2s1. The fraction of sp³-hybridized carbons (Fsp3) is 0.111. The Hall–Kier alpha value is -2.58. The third kappa shape index (κ3) is 3.66. The number of nitrogens with zero attached hydrogens (tertiary/aromatic N) is 2. The Bertz CT molecular complexity index is 1130. The molecule has 0 radical (unpaired) electrons. The Balaban J connectivity index is 1.51. The molecule has 0 aliphatic heterocycles. The number of sulfone groups is 1. The Kier molecular flexibility index (Phi) is 4.29. The number of fused-ring (bicyclic) bond motifs is 1. The van der Waals surface area contributed by atoms with Crippen molar-refractivity contribution in [2.24, 2.45) is 0 Å². The highest BCUT2D eigenvalue weighted by molar-refractivity contribution is 7.90. The maximum absolute atomic E-state index is 13.0. The number of halogens is 1. The zero-order valence-electron chi connectivity index (χ0n) is 13.4. The molecule has 5 nitrogen and oxygen atoms in total. The highest BCUT2D eigenvalue weighted by atomic mass is 32.2. The molecule has 2 aromatic heterocycles. The number of thiazole rings is 1. The van der Waals surface area contributed by atoms with Crippen molar-refractivity contribution in [3.63, 3.8) is 0 Å². The highest BCUT2D eigenvalue weighted by Crippen LogP contribution is 2.25. The molecule has 132 valence electrons. The second-order valence-corrected chi connectivity index (χ2v) is 8.94. The molecule has 4 aromatic rings. The summed E-state index contributed by atoms with van der Waals surface area (Å²) in [5, 5.41) is 0.549. The van der Waals surface area contributed by atoms with E-state index in [1.54, 1.807) is 0 Å². The molecule has 8 heteroatoms. The van der Waals surface area contributed by atoms with Crippen molar-refractivity contribution < 1.29 is 17.2 Å². The maximum Gasteiger partial charge on any atom is 0.226 e. The Labute approximate surface area is 153 Å². The molecule has 0 saturated heterocycles. The lowest BCUT2D eigenvalue weighted by molar-refractivity contribution is 0.571. The monoisotopic (exact) mass is 388 g/mol. The normalized spacial score (nSPS) is 11.9. The predicted molar refractivity (Wildman–Crippen MR) is 97.8 cm³/mol. The maximum atomic E-state index is 13.0. The van der Waals surface area contributed by atoms with E-state index in [4.69, 9.17) is 4.42 Å². The van der Waals surface area contributed by atoms with Crippen LogP contribution in [-0.2, 0) is 21.3 Å². The third-order valence-electron chi connectivity index (χ3n) is 3.69. The van der Waals surface area contributed by atoms with Crippen molar-refractivity contribution >= 4 is 31.4 Å². The topological polar surface area (TPSA) is 73.1 Å². The Morgan fingerprint density at radius 3 is 2.54 bits per heavy atom. The van der Waals surface area contributed by atoms with Gasteiger partial charge in [0.25, 0.3) is 0 Å². The van der Waals surface area contributed by atoms with E-state index in [1.165, 1.54) is 41.9 Å². The summed E-state index contributed by atoms with van der Waals surface area (Å²) in [4.78, 5) is 8.56. The van der Waals surface area contributed by atoms with Gasteiger partial charge in [0, 0.05) is 5.56 Å². The first-order valence-electron chi connectivity index (χ1n) is 7.74. The van der Waals surface area contributed by atoms with Crippen molar-refractivity contribution in [1.29, 1.82) is 0 Å². The van der Waals surface area contributed by atoms with Gasteiger partial charge in [-0.3, -0.25) is 0 Å². The van der Waals surface area contributed by atoms with Crippen LogP contribution in [-0.4, -0.2) is 18.4 Å². The van der Waals surface area contributed by atoms with Gasteiger partial charge >= 0.3 is 0 Å². The molecular weight excluding hydrogens is 375 g/mol. The molecule has 0 N–H and O–H groups in total. The Morgan fingerprint density at radius 2 is 1.77 bits per heavy atom. The first-order chi connectivity index (χ1) is 12.5. The summed E-state index contributed by atoms with van der Waals surface area (Å²) in [7, 11) is -3.45. The van der Waals surface area contributed by atoms with Gasteiger partial charge in [-0.2, -0.15) is 0 Å². The third-order valence-corrected chi connectivity index (χ3v) is 6.36. The fourth-order valence-electron chi connectivity index (χ4n) is 2.54. The van der Waals surface area contributed by atoms with Gasteiger partial charge in [0.1, 0.15) is 22.8 Å². The van der Waals surface area contributed by atoms with Gasteiger partial charge < -0.3 is 4.42 Å². The molecule has 0 amide bonds.